The number of nitrogens with one attached hydrogen (secondary N) is 2. The number of carbonyl (C=O) groups excluding carboxylic acids is 1. The second kappa shape index (κ2) is 8.65. The van der Waals surface area contributed by atoms with Crippen LogP contribution in [0.1, 0.15) is 16.1 Å². The third-order valence-corrected chi connectivity index (χ3v) is 3.99. The van der Waals surface area contributed by atoms with Crippen molar-refractivity contribution in [3.8, 4) is 0 Å². The van der Waals surface area contributed by atoms with Crippen LogP contribution < -0.4 is 10.6 Å². The Bertz CT molecular complexity index is 883. The van der Waals surface area contributed by atoms with Crippen molar-refractivity contribution in [2.45, 2.75) is 6.42 Å². The lowest BCUT2D eigenvalue weighted by molar-refractivity contribution is 0.0949. The first kappa shape index (κ1) is 18.2. The number of anilines is 2. The number of hydrogen-bond acceptors (Lipinski definition) is 4. The van der Waals surface area contributed by atoms with Crippen molar-refractivity contribution >= 4 is 40.7 Å². The summed E-state index contributed by atoms with van der Waals surface area (Å²) in [6, 6.07) is 16.5. The number of rotatable bonds is 6. The van der Waals surface area contributed by atoms with E-state index in [0.717, 1.165) is 12.0 Å². The molecule has 0 saturated heterocycles. The molecule has 5 nitrogen and oxygen atoms in total. The molecule has 0 bridgehead atoms. The molecule has 3 aromatic rings. The lowest BCUT2D eigenvalue weighted by Gasteiger charge is -2.08. The molecule has 0 unspecified atom stereocenters. The predicted octanol–water partition coefficient (Wildman–Crippen LogP) is 4.50. The van der Waals surface area contributed by atoms with Crippen LogP contribution in [0, 0.1) is 0 Å². The summed E-state index contributed by atoms with van der Waals surface area (Å²) in [5, 5.41) is 6.84. The number of nitrogens with zero attached hydrogens (tertiary/aromatic N) is 2. The maximum absolute atomic E-state index is 12.3. The van der Waals surface area contributed by atoms with Crippen molar-refractivity contribution < 1.29 is 4.79 Å². The molecule has 1 amide bonds. The minimum absolute atomic E-state index is 0.254. The number of carbonyl (C=O) groups is 1. The van der Waals surface area contributed by atoms with E-state index in [4.69, 9.17) is 23.2 Å². The molecule has 132 valence electrons. The van der Waals surface area contributed by atoms with Crippen LogP contribution in [0.5, 0.6) is 0 Å². The van der Waals surface area contributed by atoms with Crippen LogP contribution in [0.2, 0.25) is 10.0 Å². The molecule has 26 heavy (non-hydrogen) atoms. The summed E-state index contributed by atoms with van der Waals surface area (Å²) in [5.41, 5.74) is 2.09. The van der Waals surface area contributed by atoms with E-state index in [1.807, 2.05) is 30.3 Å². The summed E-state index contributed by atoms with van der Waals surface area (Å²) in [4.78, 5) is 20.6. The first-order chi connectivity index (χ1) is 12.6. The first-order valence-corrected chi connectivity index (χ1v) is 8.74. The highest BCUT2D eigenvalue weighted by Crippen LogP contribution is 2.24. The molecular weight excluding hydrogens is 371 g/mol. The molecule has 0 aliphatic rings. The monoisotopic (exact) mass is 386 g/mol. The fourth-order valence-corrected chi connectivity index (χ4v) is 2.88. The van der Waals surface area contributed by atoms with Gasteiger partial charge in [0.15, 0.2) is 0 Å². The average Bonchev–Trinajstić information content (AvgIpc) is 2.62. The van der Waals surface area contributed by atoms with Gasteiger partial charge < -0.3 is 10.6 Å². The Morgan fingerprint density at radius 3 is 2.46 bits per heavy atom. The first-order valence-electron chi connectivity index (χ1n) is 7.98. The summed E-state index contributed by atoms with van der Waals surface area (Å²) < 4.78 is 0. The molecule has 0 atom stereocenters. The third kappa shape index (κ3) is 5.18. The van der Waals surface area contributed by atoms with Gasteiger partial charge in [0.1, 0.15) is 5.69 Å². The van der Waals surface area contributed by atoms with E-state index < -0.39 is 0 Å². The van der Waals surface area contributed by atoms with Crippen molar-refractivity contribution in [2.75, 3.05) is 11.9 Å². The fourth-order valence-electron chi connectivity index (χ4n) is 2.36. The summed E-state index contributed by atoms with van der Waals surface area (Å²) in [5.74, 6) is 0.0366. The van der Waals surface area contributed by atoms with Crippen LogP contribution in [-0.4, -0.2) is 22.4 Å². The number of benzene rings is 2. The van der Waals surface area contributed by atoms with E-state index >= 15 is 0 Å². The fraction of sp³-hybridized carbons (Fsp3) is 0.105. The van der Waals surface area contributed by atoms with E-state index in [0.29, 0.717) is 28.2 Å². The van der Waals surface area contributed by atoms with Crippen molar-refractivity contribution in [1.29, 1.82) is 0 Å². The Hall–Kier alpha value is -2.63. The smallest absolute Gasteiger partial charge is 0.270 e. The normalized spacial score (nSPS) is 10.4. The molecule has 0 aliphatic heterocycles. The van der Waals surface area contributed by atoms with Gasteiger partial charge in [-0.3, -0.25) is 4.79 Å². The Balaban J connectivity index is 1.61. The van der Waals surface area contributed by atoms with Crippen molar-refractivity contribution in [2.24, 2.45) is 0 Å². The molecule has 0 aliphatic carbocycles. The highest BCUT2D eigenvalue weighted by molar-refractivity contribution is 6.35. The standard InChI is InChI=1S/C19H16Cl2N4O/c20-14-10-15(21)12-16(11-14)24-19-23-9-7-17(25-19)18(26)22-8-6-13-4-2-1-3-5-13/h1-5,7,9-12H,6,8H2,(H,22,26)(H,23,24,25). The average molecular weight is 387 g/mol. The Morgan fingerprint density at radius 1 is 1.00 bits per heavy atom. The van der Waals surface area contributed by atoms with E-state index in [1.165, 1.54) is 6.20 Å². The van der Waals surface area contributed by atoms with Crippen LogP contribution in [0.3, 0.4) is 0 Å². The number of hydrogen-bond donors (Lipinski definition) is 2. The summed E-state index contributed by atoms with van der Waals surface area (Å²) >= 11 is 12.0. The Morgan fingerprint density at radius 2 is 1.73 bits per heavy atom. The zero-order valence-corrected chi connectivity index (χ0v) is 15.3. The zero-order valence-electron chi connectivity index (χ0n) is 13.7. The van der Waals surface area contributed by atoms with E-state index in [9.17, 15) is 4.79 Å². The van der Waals surface area contributed by atoms with Gasteiger partial charge in [0, 0.05) is 28.5 Å². The van der Waals surface area contributed by atoms with Crippen LogP contribution in [0.4, 0.5) is 11.6 Å². The maximum Gasteiger partial charge on any atom is 0.270 e. The van der Waals surface area contributed by atoms with Crippen molar-refractivity contribution in [1.82, 2.24) is 15.3 Å². The lowest BCUT2D eigenvalue weighted by atomic mass is 10.1. The van der Waals surface area contributed by atoms with Crippen LogP contribution in [0.25, 0.3) is 0 Å². The van der Waals surface area contributed by atoms with Gasteiger partial charge in [-0.2, -0.15) is 0 Å². The molecule has 7 heteroatoms. The highest BCUT2D eigenvalue weighted by Gasteiger charge is 2.09. The number of aromatic nitrogens is 2. The minimum Gasteiger partial charge on any atom is -0.350 e. The minimum atomic E-state index is -0.254. The molecule has 2 N–H and O–H groups in total. The molecular formula is C19H16Cl2N4O. The summed E-state index contributed by atoms with van der Waals surface area (Å²) in [6.45, 7) is 0.527. The number of halogens is 2. The summed E-state index contributed by atoms with van der Waals surface area (Å²) in [7, 11) is 0. The second-order valence-electron chi connectivity index (χ2n) is 5.54. The number of amides is 1. The van der Waals surface area contributed by atoms with Gasteiger partial charge >= 0.3 is 0 Å². The van der Waals surface area contributed by atoms with Gasteiger partial charge in [-0.1, -0.05) is 53.5 Å². The second-order valence-corrected chi connectivity index (χ2v) is 6.41. The topological polar surface area (TPSA) is 66.9 Å². The maximum atomic E-state index is 12.3. The van der Waals surface area contributed by atoms with Gasteiger partial charge in [0.2, 0.25) is 5.95 Å². The Kier molecular flexibility index (Phi) is 6.04. The van der Waals surface area contributed by atoms with Crippen molar-refractivity contribution in [3.63, 3.8) is 0 Å². The SMILES string of the molecule is O=C(NCCc1ccccc1)c1ccnc(Nc2cc(Cl)cc(Cl)c2)n1. The Labute approximate surface area is 161 Å². The van der Waals surface area contributed by atoms with E-state index in [-0.39, 0.29) is 11.6 Å². The van der Waals surface area contributed by atoms with Gasteiger partial charge in [0.05, 0.1) is 0 Å². The molecule has 0 spiro atoms. The van der Waals surface area contributed by atoms with Crippen LogP contribution in [0.15, 0.2) is 60.8 Å². The predicted molar refractivity (Wildman–Crippen MR) is 104 cm³/mol. The molecule has 1 aromatic heterocycles. The lowest BCUT2D eigenvalue weighted by Crippen LogP contribution is -2.26. The van der Waals surface area contributed by atoms with E-state index in [2.05, 4.69) is 20.6 Å². The highest BCUT2D eigenvalue weighted by atomic mass is 35.5. The third-order valence-electron chi connectivity index (χ3n) is 3.55. The molecule has 0 radical (unpaired) electrons. The van der Waals surface area contributed by atoms with Crippen LogP contribution in [-0.2, 0) is 6.42 Å². The molecule has 2 aromatic carbocycles. The van der Waals surface area contributed by atoms with Crippen molar-refractivity contribution in [3.05, 3.63) is 82.1 Å². The molecule has 0 saturated carbocycles. The zero-order chi connectivity index (χ0) is 18.4. The van der Waals surface area contributed by atoms with Gasteiger partial charge in [-0.05, 0) is 36.2 Å². The van der Waals surface area contributed by atoms with Gasteiger partial charge in [-0.15, -0.1) is 0 Å². The quantitative estimate of drug-likeness (QED) is 0.654. The van der Waals surface area contributed by atoms with Gasteiger partial charge in [0.25, 0.3) is 5.91 Å². The van der Waals surface area contributed by atoms with E-state index in [1.54, 1.807) is 24.3 Å². The molecule has 1 heterocycles. The van der Waals surface area contributed by atoms with Gasteiger partial charge in [-0.25, -0.2) is 9.97 Å². The summed E-state index contributed by atoms with van der Waals surface area (Å²) in [6.07, 6.45) is 2.28. The van der Waals surface area contributed by atoms with Crippen LogP contribution >= 0.6 is 23.2 Å². The molecule has 3 rings (SSSR count). The largest absolute Gasteiger partial charge is 0.350 e. The molecule has 0 fully saturated rings.